The molecule has 1 saturated heterocycles. The van der Waals surface area contributed by atoms with E-state index in [4.69, 9.17) is 24.7 Å². The first-order chi connectivity index (χ1) is 16.2. The summed E-state index contributed by atoms with van der Waals surface area (Å²) in [5.41, 5.74) is 6.34. The van der Waals surface area contributed by atoms with Crippen LogP contribution in [0, 0.1) is 0 Å². The molecule has 11 nitrogen and oxygen atoms in total. The van der Waals surface area contributed by atoms with Gasteiger partial charge in [0.15, 0.2) is 11.5 Å². The maximum absolute atomic E-state index is 5.56. The quantitative estimate of drug-likeness (QED) is 0.334. The lowest BCUT2D eigenvalue weighted by Crippen LogP contribution is -2.23. The minimum atomic E-state index is 0.481. The Bertz CT molecular complexity index is 849. The molecule has 1 fully saturated rings. The number of para-hydroxylation sites is 1. The van der Waals surface area contributed by atoms with Crippen LogP contribution in [-0.2, 0) is 16.0 Å². The van der Waals surface area contributed by atoms with Crippen LogP contribution in [0.3, 0.4) is 0 Å². The van der Waals surface area contributed by atoms with Gasteiger partial charge in [0, 0.05) is 38.3 Å². The van der Waals surface area contributed by atoms with E-state index in [1.165, 1.54) is 0 Å². The highest BCUT2D eigenvalue weighted by Crippen LogP contribution is 2.31. The van der Waals surface area contributed by atoms with Crippen molar-refractivity contribution in [2.24, 2.45) is 5.73 Å². The van der Waals surface area contributed by atoms with Crippen LogP contribution in [0.2, 0.25) is 0 Å². The molecule has 0 amide bonds. The summed E-state index contributed by atoms with van der Waals surface area (Å²) in [6.45, 7) is 5.57. The number of methoxy groups -OCH3 is 2. The van der Waals surface area contributed by atoms with Gasteiger partial charge in [0.25, 0.3) is 0 Å². The molecule has 1 aliphatic heterocycles. The molecule has 182 valence electrons. The Morgan fingerprint density at radius 1 is 0.909 bits per heavy atom. The lowest BCUT2D eigenvalue weighted by atomic mass is 10.2. The predicted octanol–water partition coefficient (Wildman–Crippen LogP) is 1.50. The molecule has 2 heterocycles. The standard InChI is InChI=1S/C22H35N7O4/c1-30-18-7-5-6-17(19(18)31-2)16-25-21-26-20(24-9-13-33-15-14-32-12-8-23)27-22(28-21)29-10-3-4-11-29/h5-7H,3-4,8-16,23H2,1-2H3,(H2,24,25,26,27,28). The fraction of sp³-hybridized carbons (Fsp3) is 0.591. The molecule has 0 atom stereocenters. The van der Waals surface area contributed by atoms with Crippen LogP contribution >= 0.6 is 0 Å². The van der Waals surface area contributed by atoms with Crippen LogP contribution in [0.15, 0.2) is 18.2 Å². The summed E-state index contributed by atoms with van der Waals surface area (Å²) in [6, 6.07) is 5.77. The van der Waals surface area contributed by atoms with Crippen molar-refractivity contribution in [2.75, 3.05) is 82.4 Å². The second-order valence-corrected chi connectivity index (χ2v) is 7.42. The van der Waals surface area contributed by atoms with Gasteiger partial charge >= 0.3 is 0 Å². The van der Waals surface area contributed by atoms with E-state index in [0.717, 1.165) is 31.5 Å². The van der Waals surface area contributed by atoms with E-state index < -0.39 is 0 Å². The smallest absolute Gasteiger partial charge is 0.231 e. The minimum absolute atomic E-state index is 0.481. The summed E-state index contributed by atoms with van der Waals surface area (Å²) < 4.78 is 21.8. The molecule has 0 aliphatic carbocycles. The molecule has 4 N–H and O–H groups in total. The average molecular weight is 462 g/mol. The molecule has 0 spiro atoms. The van der Waals surface area contributed by atoms with Gasteiger partial charge in [-0.1, -0.05) is 12.1 Å². The SMILES string of the molecule is COc1cccc(CNc2nc(NCCOCCOCCN)nc(N3CCCC3)n2)c1OC. The molecular weight excluding hydrogens is 426 g/mol. The zero-order valence-corrected chi connectivity index (χ0v) is 19.5. The highest BCUT2D eigenvalue weighted by atomic mass is 16.5. The Hall–Kier alpha value is -2.89. The summed E-state index contributed by atoms with van der Waals surface area (Å²) in [5.74, 6) is 3.04. The molecule has 1 aromatic heterocycles. The zero-order chi connectivity index (χ0) is 23.3. The van der Waals surface area contributed by atoms with Gasteiger partial charge in [-0.3, -0.25) is 0 Å². The van der Waals surface area contributed by atoms with Crippen molar-refractivity contribution in [3.63, 3.8) is 0 Å². The Morgan fingerprint density at radius 2 is 1.64 bits per heavy atom. The number of nitrogens with zero attached hydrogens (tertiary/aromatic N) is 4. The molecule has 0 bridgehead atoms. The van der Waals surface area contributed by atoms with Crippen LogP contribution < -0.4 is 30.7 Å². The maximum Gasteiger partial charge on any atom is 0.231 e. The Kier molecular flexibility index (Phi) is 10.2. The fourth-order valence-corrected chi connectivity index (χ4v) is 3.49. The Labute approximate surface area is 195 Å². The average Bonchev–Trinajstić information content (AvgIpc) is 3.39. The van der Waals surface area contributed by atoms with Crippen LogP contribution in [0.4, 0.5) is 17.8 Å². The van der Waals surface area contributed by atoms with Gasteiger partial charge in [-0.15, -0.1) is 0 Å². The van der Waals surface area contributed by atoms with E-state index in [-0.39, 0.29) is 0 Å². The third kappa shape index (κ3) is 7.58. The number of hydrogen-bond donors (Lipinski definition) is 3. The topological polar surface area (TPSA) is 129 Å². The van der Waals surface area contributed by atoms with E-state index in [0.29, 0.717) is 75.4 Å². The third-order valence-corrected chi connectivity index (χ3v) is 5.10. The van der Waals surface area contributed by atoms with E-state index in [1.54, 1.807) is 14.2 Å². The van der Waals surface area contributed by atoms with Gasteiger partial charge < -0.3 is 40.2 Å². The van der Waals surface area contributed by atoms with Crippen molar-refractivity contribution in [3.8, 4) is 11.5 Å². The molecule has 0 radical (unpaired) electrons. The number of ether oxygens (including phenoxy) is 4. The van der Waals surface area contributed by atoms with E-state index >= 15 is 0 Å². The summed E-state index contributed by atoms with van der Waals surface area (Å²) in [7, 11) is 3.25. The number of benzene rings is 1. The van der Waals surface area contributed by atoms with Crippen molar-refractivity contribution in [3.05, 3.63) is 23.8 Å². The normalized spacial score (nSPS) is 13.2. The number of nitrogens with one attached hydrogen (secondary N) is 2. The van der Waals surface area contributed by atoms with Crippen LogP contribution in [-0.4, -0.2) is 81.8 Å². The highest BCUT2D eigenvalue weighted by molar-refractivity contribution is 5.49. The van der Waals surface area contributed by atoms with Gasteiger partial charge in [0.05, 0.1) is 40.6 Å². The van der Waals surface area contributed by atoms with Gasteiger partial charge in [-0.2, -0.15) is 15.0 Å². The molecule has 2 aromatic rings. The second kappa shape index (κ2) is 13.6. The predicted molar refractivity (Wildman–Crippen MR) is 127 cm³/mol. The van der Waals surface area contributed by atoms with Crippen molar-refractivity contribution < 1.29 is 18.9 Å². The lowest BCUT2D eigenvalue weighted by Gasteiger charge is -2.18. The van der Waals surface area contributed by atoms with Gasteiger partial charge in [-0.05, 0) is 18.9 Å². The van der Waals surface area contributed by atoms with Crippen LogP contribution in [0.1, 0.15) is 18.4 Å². The molecule has 1 aromatic carbocycles. The summed E-state index contributed by atoms with van der Waals surface area (Å²) in [4.78, 5) is 16.0. The number of hydrogen-bond acceptors (Lipinski definition) is 11. The van der Waals surface area contributed by atoms with Crippen molar-refractivity contribution >= 4 is 17.8 Å². The molecular formula is C22H35N7O4. The van der Waals surface area contributed by atoms with E-state index in [2.05, 4.69) is 30.5 Å². The fourth-order valence-electron chi connectivity index (χ4n) is 3.49. The monoisotopic (exact) mass is 461 g/mol. The van der Waals surface area contributed by atoms with Crippen LogP contribution in [0.5, 0.6) is 11.5 Å². The van der Waals surface area contributed by atoms with Crippen molar-refractivity contribution in [1.82, 2.24) is 15.0 Å². The summed E-state index contributed by atoms with van der Waals surface area (Å²) in [6.07, 6.45) is 2.27. The molecule has 33 heavy (non-hydrogen) atoms. The number of nitrogens with two attached hydrogens (primary N) is 1. The minimum Gasteiger partial charge on any atom is -0.493 e. The molecule has 0 unspecified atom stereocenters. The van der Waals surface area contributed by atoms with E-state index in [9.17, 15) is 0 Å². The molecule has 11 heteroatoms. The Balaban J connectivity index is 1.61. The highest BCUT2D eigenvalue weighted by Gasteiger charge is 2.18. The van der Waals surface area contributed by atoms with Gasteiger partial charge in [-0.25, -0.2) is 0 Å². The van der Waals surface area contributed by atoms with Crippen molar-refractivity contribution in [1.29, 1.82) is 0 Å². The number of anilines is 3. The lowest BCUT2D eigenvalue weighted by molar-refractivity contribution is 0.0547. The van der Waals surface area contributed by atoms with Gasteiger partial charge in [0.2, 0.25) is 17.8 Å². The number of rotatable bonds is 15. The zero-order valence-electron chi connectivity index (χ0n) is 19.5. The second-order valence-electron chi connectivity index (χ2n) is 7.42. The first-order valence-electron chi connectivity index (χ1n) is 11.3. The molecule has 0 saturated carbocycles. The first-order valence-corrected chi connectivity index (χ1v) is 11.3. The number of aromatic nitrogens is 3. The summed E-state index contributed by atoms with van der Waals surface area (Å²) in [5, 5.41) is 6.53. The van der Waals surface area contributed by atoms with Crippen molar-refractivity contribution in [2.45, 2.75) is 19.4 Å². The van der Waals surface area contributed by atoms with E-state index in [1.807, 2.05) is 18.2 Å². The molecule has 3 rings (SSSR count). The summed E-state index contributed by atoms with van der Waals surface area (Å²) >= 11 is 0. The Morgan fingerprint density at radius 3 is 2.33 bits per heavy atom. The van der Waals surface area contributed by atoms with Crippen LogP contribution in [0.25, 0.3) is 0 Å². The largest absolute Gasteiger partial charge is 0.493 e. The maximum atomic E-state index is 5.56. The first kappa shape index (κ1) is 24.7. The third-order valence-electron chi connectivity index (χ3n) is 5.10. The molecule has 1 aliphatic rings. The van der Waals surface area contributed by atoms with Gasteiger partial charge in [0.1, 0.15) is 0 Å².